The monoisotopic (exact) mass is 410 g/mol. The minimum absolute atomic E-state index is 0. The number of rotatable bonds is 7. The maximum absolute atomic E-state index is 12.5. The van der Waals surface area contributed by atoms with Crippen molar-refractivity contribution >= 4 is 28.2 Å². The summed E-state index contributed by atoms with van der Waals surface area (Å²) < 4.78 is 47.8. The predicted molar refractivity (Wildman–Crippen MR) is 98.1 cm³/mol. The van der Waals surface area contributed by atoms with Gasteiger partial charge in [-0.25, -0.2) is 8.42 Å². The topological polar surface area (TPSA) is 89.3 Å². The molecule has 1 amide bonds. The van der Waals surface area contributed by atoms with Crippen LogP contribution in [-0.4, -0.2) is 32.7 Å². The Balaban J connectivity index is 0.00000338. The Hall–Kier alpha value is -1.25. The van der Waals surface area contributed by atoms with Crippen molar-refractivity contribution in [2.45, 2.75) is 55.2 Å². The molecule has 1 atom stereocenters. The second kappa shape index (κ2) is 10.2. The number of halogens is 3. The number of hydrogen-bond acceptors (Lipinski definition) is 4. The summed E-state index contributed by atoms with van der Waals surface area (Å²) >= 11 is 0. The van der Waals surface area contributed by atoms with Crippen LogP contribution in [0.25, 0.3) is 0 Å². The molecule has 148 valence electrons. The lowest BCUT2D eigenvalue weighted by Crippen LogP contribution is -2.46. The normalized spacial score (nSPS) is 16.8. The Morgan fingerprint density at radius 3 is 2.23 bits per heavy atom. The number of hydrogen-bond donors (Lipinski definition) is 2. The van der Waals surface area contributed by atoms with Crippen LogP contribution in [-0.2, 0) is 21.1 Å². The molecule has 1 aromatic rings. The van der Waals surface area contributed by atoms with E-state index in [2.05, 4.69) is 5.32 Å². The minimum atomic E-state index is -4.61. The molecule has 1 aliphatic rings. The van der Waals surface area contributed by atoms with Gasteiger partial charge in [-0.05, 0) is 36.5 Å². The summed E-state index contributed by atoms with van der Waals surface area (Å²) in [5.74, 6) is -3.27. The van der Waals surface area contributed by atoms with E-state index in [9.17, 15) is 22.0 Å². The highest BCUT2D eigenvalue weighted by atomic mass is 35.5. The third-order valence-corrected chi connectivity index (χ3v) is 6.07. The molecule has 0 saturated heterocycles. The van der Waals surface area contributed by atoms with Gasteiger partial charge in [0.15, 0.2) is 0 Å². The molecule has 0 spiro atoms. The summed E-state index contributed by atoms with van der Waals surface area (Å²) in [5.41, 5.74) is 6.35. The third-order valence-electron chi connectivity index (χ3n) is 4.67. The molecule has 1 aliphatic carbocycles. The van der Waals surface area contributed by atoms with Crippen molar-refractivity contribution in [1.29, 1.82) is 0 Å². The molecule has 0 aliphatic heterocycles. The summed E-state index contributed by atoms with van der Waals surface area (Å²) in [7, 11) is -4.61. The first-order valence-corrected chi connectivity index (χ1v) is 9.99. The van der Waals surface area contributed by atoms with Crippen LogP contribution >= 0.6 is 12.4 Å². The first kappa shape index (κ1) is 22.8. The van der Waals surface area contributed by atoms with Crippen molar-refractivity contribution in [2.75, 3.05) is 6.54 Å². The van der Waals surface area contributed by atoms with E-state index in [1.54, 1.807) is 0 Å². The second-order valence-corrected chi connectivity index (χ2v) is 8.35. The zero-order chi connectivity index (χ0) is 18.4. The summed E-state index contributed by atoms with van der Waals surface area (Å²) in [4.78, 5) is 11.8. The van der Waals surface area contributed by atoms with E-state index in [1.165, 1.54) is 18.6 Å². The Labute approximate surface area is 159 Å². The highest BCUT2D eigenvalue weighted by molar-refractivity contribution is 7.91. The molecule has 26 heavy (non-hydrogen) atoms. The van der Waals surface area contributed by atoms with Crippen LogP contribution in [0.1, 0.15) is 37.7 Å². The zero-order valence-electron chi connectivity index (χ0n) is 14.4. The van der Waals surface area contributed by atoms with Crippen molar-refractivity contribution < 1.29 is 22.0 Å². The van der Waals surface area contributed by atoms with Crippen molar-refractivity contribution in [3.8, 4) is 0 Å². The zero-order valence-corrected chi connectivity index (χ0v) is 16.0. The van der Waals surface area contributed by atoms with Gasteiger partial charge in [0.25, 0.3) is 0 Å². The van der Waals surface area contributed by atoms with Gasteiger partial charge < -0.3 is 11.1 Å². The van der Waals surface area contributed by atoms with Crippen LogP contribution in [0, 0.1) is 5.92 Å². The molecule has 0 heterocycles. The fraction of sp³-hybridized carbons (Fsp3) is 0.588. The summed E-state index contributed by atoms with van der Waals surface area (Å²) in [5, 5.41) is 2.95. The van der Waals surface area contributed by atoms with E-state index in [-0.39, 0.29) is 30.8 Å². The fourth-order valence-corrected chi connectivity index (χ4v) is 3.97. The number of alkyl halides is 2. The average Bonchev–Trinajstić information content (AvgIpc) is 2.60. The standard InChI is InChI=1S/C17H24F2N2O3S.ClH/c18-17(19)25(23,24)14-8-6-12(7-9-14)10-16(22)21-15(11-20)13-4-2-1-3-5-13;/h6-9,13,15,17H,1-5,10-11,20H2,(H,21,22);1H. The molecule has 1 unspecified atom stereocenters. The number of amides is 1. The van der Waals surface area contributed by atoms with Crippen LogP contribution in [0.4, 0.5) is 8.78 Å². The van der Waals surface area contributed by atoms with E-state index in [0.29, 0.717) is 18.0 Å². The van der Waals surface area contributed by atoms with Gasteiger partial charge in [0.1, 0.15) is 0 Å². The maximum Gasteiger partial charge on any atom is 0.341 e. The fourth-order valence-electron chi connectivity index (χ4n) is 3.25. The van der Waals surface area contributed by atoms with Gasteiger partial charge in [0, 0.05) is 12.6 Å². The summed E-state index contributed by atoms with van der Waals surface area (Å²) in [6, 6.07) is 4.91. The molecule has 1 fully saturated rings. The first-order valence-electron chi connectivity index (χ1n) is 8.45. The minimum Gasteiger partial charge on any atom is -0.352 e. The second-order valence-electron chi connectivity index (χ2n) is 6.43. The third kappa shape index (κ3) is 5.89. The Kier molecular flexibility index (Phi) is 8.92. The van der Waals surface area contributed by atoms with Crippen LogP contribution in [0.2, 0.25) is 0 Å². The van der Waals surface area contributed by atoms with Crippen molar-refractivity contribution in [2.24, 2.45) is 11.7 Å². The van der Waals surface area contributed by atoms with E-state index in [0.717, 1.165) is 37.8 Å². The van der Waals surface area contributed by atoms with Gasteiger partial charge in [0.05, 0.1) is 11.3 Å². The van der Waals surface area contributed by atoms with Crippen molar-refractivity contribution in [3.05, 3.63) is 29.8 Å². The smallest absolute Gasteiger partial charge is 0.341 e. The number of nitrogens with two attached hydrogens (primary N) is 1. The predicted octanol–water partition coefficient (Wildman–Crippen LogP) is 2.67. The lowest BCUT2D eigenvalue weighted by Gasteiger charge is -2.30. The van der Waals surface area contributed by atoms with Gasteiger partial charge in [-0.2, -0.15) is 8.78 Å². The number of benzene rings is 1. The Bertz CT molecular complexity index is 678. The Morgan fingerprint density at radius 2 is 1.73 bits per heavy atom. The number of nitrogens with one attached hydrogen (secondary N) is 1. The number of sulfone groups is 1. The van der Waals surface area contributed by atoms with Crippen LogP contribution < -0.4 is 11.1 Å². The lowest BCUT2D eigenvalue weighted by molar-refractivity contribution is -0.121. The SMILES string of the molecule is Cl.NCC(NC(=O)Cc1ccc(S(=O)(=O)C(F)F)cc1)C1CCCCC1. The molecule has 2 rings (SSSR count). The Morgan fingerprint density at radius 1 is 1.15 bits per heavy atom. The molecule has 9 heteroatoms. The molecule has 0 radical (unpaired) electrons. The molecule has 0 aromatic heterocycles. The number of carbonyl (C=O) groups is 1. The quantitative estimate of drug-likeness (QED) is 0.723. The lowest BCUT2D eigenvalue weighted by atomic mass is 9.84. The van der Waals surface area contributed by atoms with E-state index < -0.39 is 20.5 Å². The highest BCUT2D eigenvalue weighted by Crippen LogP contribution is 2.26. The molecular formula is C17H25ClF2N2O3S. The highest BCUT2D eigenvalue weighted by Gasteiger charge is 2.27. The van der Waals surface area contributed by atoms with Crippen LogP contribution in [0.5, 0.6) is 0 Å². The van der Waals surface area contributed by atoms with Crippen LogP contribution in [0.15, 0.2) is 29.2 Å². The molecule has 0 bridgehead atoms. The average molecular weight is 411 g/mol. The first-order chi connectivity index (χ1) is 11.8. The maximum atomic E-state index is 12.5. The molecule has 3 N–H and O–H groups in total. The van der Waals surface area contributed by atoms with E-state index in [1.807, 2.05) is 0 Å². The molecule has 5 nitrogen and oxygen atoms in total. The molecule has 1 saturated carbocycles. The van der Waals surface area contributed by atoms with Crippen molar-refractivity contribution in [1.82, 2.24) is 5.32 Å². The van der Waals surface area contributed by atoms with Gasteiger partial charge in [-0.15, -0.1) is 12.4 Å². The van der Waals surface area contributed by atoms with Crippen molar-refractivity contribution in [3.63, 3.8) is 0 Å². The van der Waals surface area contributed by atoms with Gasteiger partial charge >= 0.3 is 5.76 Å². The molecule has 1 aromatic carbocycles. The number of carbonyl (C=O) groups excluding carboxylic acids is 1. The van der Waals surface area contributed by atoms with Gasteiger partial charge in [-0.3, -0.25) is 4.79 Å². The summed E-state index contributed by atoms with van der Waals surface area (Å²) in [6.45, 7) is 0.377. The van der Waals surface area contributed by atoms with E-state index >= 15 is 0 Å². The van der Waals surface area contributed by atoms with E-state index in [4.69, 9.17) is 5.73 Å². The van der Waals surface area contributed by atoms with Gasteiger partial charge in [0.2, 0.25) is 15.7 Å². The summed E-state index contributed by atoms with van der Waals surface area (Å²) in [6.07, 6.45) is 5.69. The van der Waals surface area contributed by atoms with Gasteiger partial charge in [-0.1, -0.05) is 31.4 Å². The largest absolute Gasteiger partial charge is 0.352 e. The molecular weight excluding hydrogens is 386 g/mol. The van der Waals surface area contributed by atoms with Crippen LogP contribution in [0.3, 0.4) is 0 Å².